The number of amides is 1. The van der Waals surface area contributed by atoms with Crippen molar-refractivity contribution in [2.75, 3.05) is 26.2 Å². The lowest BCUT2D eigenvalue weighted by Crippen LogP contribution is -2.48. The van der Waals surface area contributed by atoms with Gasteiger partial charge in [-0.1, -0.05) is 20.8 Å². The van der Waals surface area contributed by atoms with Crippen LogP contribution in [-0.4, -0.2) is 68.8 Å². The second kappa shape index (κ2) is 9.35. The van der Waals surface area contributed by atoms with Crippen molar-refractivity contribution in [3.05, 3.63) is 17.0 Å². The smallest absolute Gasteiger partial charge is 0.317 e. The summed E-state index contributed by atoms with van der Waals surface area (Å²) < 4.78 is 2.01. The molecule has 0 atom stereocenters. The number of carbonyl (C=O) groups excluding carboxylic acids is 1. The predicted molar refractivity (Wildman–Crippen MR) is 105 cm³/mol. The Morgan fingerprint density at radius 1 is 1.26 bits per heavy atom. The van der Waals surface area contributed by atoms with Gasteiger partial charge < -0.3 is 10.0 Å². The van der Waals surface area contributed by atoms with E-state index in [2.05, 4.69) is 18.9 Å². The molecule has 1 aliphatic rings. The Bertz CT molecular complexity index is 660. The highest BCUT2D eigenvalue weighted by molar-refractivity contribution is 5.79. The van der Waals surface area contributed by atoms with E-state index in [0.717, 1.165) is 42.9 Å². The summed E-state index contributed by atoms with van der Waals surface area (Å²) in [5.41, 5.74) is 3.07. The molecule has 152 valence electrons. The van der Waals surface area contributed by atoms with Crippen molar-refractivity contribution in [1.82, 2.24) is 19.6 Å². The van der Waals surface area contributed by atoms with Gasteiger partial charge in [0.15, 0.2) is 0 Å². The number of aryl methyl sites for hydroxylation is 1. The molecule has 0 unspecified atom stereocenters. The molecular weight excluding hydrogens is 344 g/mol. The Kier molecular flexibility index (Phi) is 7.41. The zero-order valence-electron chi connectivity index (χ0n) is 17.4. The van der Waals surface area contributed by atoms with Crippen LogP contribution in [0.1, 0.15) is 50.6 Å². The van der Waals surface area contributed by atoms with Crippen LogP contribution in [0.2, 0.25) is 0 Å². The third-order valence-electron chi connectivity index (χ3n) is 5.48. The van der Waals surface area contributed by atoms with Crippen LogP contribution in [-0.2, 0) is 22.6 Å². The Hall–Kier alpha value is -1.89. The van der Waals surface area contributed by atoms with Crippen molar-refractivity contribution in [2.45, 2.75) is 66.5 Å². The number of carboxylic acids is 1. The number of carbonyl (C=O) groups is 2. The third kappa shape index (κ3) is 5.54. The Morgan fingerprint density at radius 2 is 1.89 bits per heavy atom. The predicted octanol–water partition coefficient (Wildman–Crippen LogP) is 2.10. The number of hydrogen-bond donors (Lipinski definition) is 1. The molecule has 1 saturated heterocycles. The van der Waals surface area contributed by atoms with Gasteiger partial charge in [0, 0.05) is 36.9 Å². The van der Waals surface area contributed by atoms with E-state index >= 15 is 0 Å². The maximum absolute atomic E-state index is 12.8. The van der Waals surface area contributed by atoms with E-state index in [-0.39, 0.29) is 18.5 Å². The van der Waals surface area contributed by atoms with Gasteiger partial charge in [0.05, 0.1) is 18.7 Å². The van der Waals surface area contributed by atoms with Crippen LogP contribution in [0.3, 0.4) is 0 Å². The fraction of sp³-hybridized carbons (Fsp3) is 0.750. The van der Waals surface area contributed by atoms with Gasteiger partial charge in [0.1, 0.15) is 0 Å². The monoisotopic (exact) mass is 378 g/mol. The van der Waals surface area contributed by atoms with Crippen molar-refractivity contribution in [3.63, 3.8) is 0 Å². The molecule has 1 N–H and O–H groups in total. The van der Waals surface area contributed by atoms with Crippen LogP contribution in [0.15, 0.2) is 0 Å². The number of aliphatic carboxylic acids is 1. The van der Waals surface area contributed by atoms with Crippen LogP contribution >= 0.6 is 0 Å². The fourth-order valence-electron chi connectivity index (χ4n) is 3.93. The van der Waals surface area contributed by atoms with Crippen LogP contribution in [0.5, 0.6) is 0 Å². The van der Waals surface area contributed by atoms with Crippen molar-refractivity contribution in [1.29, 1.82) is 0 Å². The molecule has 1 aliphatic heterocycles. The zero-order chi connectivity index (χ0) is 20.1. The quantitative estimate of drug-likeness (QED) is 0.749. The molecule has 1 aromatic rings. The third-order valence-corrected chi connectivity index (χ3v) is 5.48. The van der Waals surface area contributed by atoms with Gasteiger partial charge >= 0.3 is 5.97 Å². The number of piperidine rings is 1. The lowest BCUT2D eigenvalue weighted by atomic mass is 10.0. The first kappa shape index (κ1) is 21.4. The molecule has 1 fully saturated rings. The maximum atomic E-state index is 12.8. The first-order valence-corrected chi connectivity index (χ1v) is 9.99. The lowest BCUT2D eigenvalue weighted by Gasteiger charge is -2.37. The van der Waals surface area contributed by atoms with Gasteiger partial charge in [0.25, 0.3) is 0 Å². The van der Waals surface area contributed by atoms with Gasteiger partial charge in [-0.25, -0.2) is 0 Å². The van der Waals surface area contributed by atoms with E-state index in [9.17, 15) is 9.59 Å². The highest BCUT2D eigenvalue weighted by Gasteiger charge is 2.28. The van der Waals surface area contributed by atoms with Crippen molar-refractivity contribution in [3.8, 4) is 0 Å². The van der Waals surface area contributed by atoms with E-state index in [1.807, 2.05) is 35.3 Å². The molecule has 0 aromatic carbocycles. The summed E-state index contributed by atoms with van der Waals surface area (Å²) in [4.78, 5) is 27.7. The number of aromatic nitrogens is 2. The molecule has 2 heterocycles. The first-order valence-electron chi connectivity index (χ1n) is 9.99. The van der Waals surface area contributed by atoms with E-state index < -0.39 is 5.97 Å². The molecule has 2 rings (SSSR count). The SMILES string of the molecule is CCN(CC(=O)O)C1CCN(C(=O)Cc2c(C)nn(CC(C)C)c2C)CC1. The van der Waals surface area contributed by atoms with E-state index in [1.165, 1.54) is 0 Å². The Labute approximate surface area is 162 Å². The summed E-state index contributed by atoms with van der Waals surface area (Å²) in [7, 11) is 0. The molecule has 0 bridgehead atoms. The van der Waals surface area contributed by atoms with Gasteiger partial charge in [-0.2, -0.15) is 5.10 Å². The summed E-state index contributed by atoms with van der Waals surface area (Å²) in [6, 6.07) is 0.243. The first-order chi connectivity index (χ1) is 12.7. The Balaban J connectivity index is 1.95. The van der Waals surface area contributed by atoms with E-state index in [1.54, 1.807) is 0 Å². The highest BCUT2D eigenvalue weighted by atomic mass is 16.4. The maximum Gasteiger partial charge on any atom is 0.317 e. The summed E-state index contributed by atoms with van der Waals surface area (Å²) in [5, 5.41) is 13.7. The number of rotatable bonds is 8. The van der Waals surface area contributed by atoms with Crippen molar-refractivity contribution >= 4 is 11.9 Å². The number of likely N-dealkylation sites (tertiary alicyclic amines) is 1. The van der Waals surface area contributed by atoms with Gasteiger partial charge in [0.2, 0.25) is 5.91 Å². The summed E-state index contributed by atoms with van der Waals surface area (Å²) in [6.07, 6.45) is 2.06. The largest absolute Gasteiger partial charge is 0.480 e. The summed E-state index contributed by atoms with van der Waals surface area (Å²) in [5.74, 6) is -0.136. The topological polar surface area (TPSA) is 78.7 Å². The van der Waals surface area contributed by atoms with E-state index in [0.29, 0.717) is 25.4 Å². The number of carboxylic acid groups (broad SMARTS) is 1. The van der Waals surface area contributed by atoms with Crippen LogP contribution in [0.4, 0.5) is 0 Å². The molecule has 1 amide bonds. The van der Waals surface area contributed by atoms with Gasteiger partial charge in [-0.15, -0.1) is 0 Å². The van der Waals surface area contributed by atoms with Gasteiger partial charge in [-0.05, 0) is 39.2 Å². The molecule has 7 heteroatoms. The molecular formula is C20H34N4O3. The number of nitrogens with zero attached hydrogens (tertiary/aromatic N) is 4. The second-order valence-corrected chi connectivity index (χ2v) is 7.97. The molecule has 0 spiro atoms. The number of hydrogen-bond acceptors (Lipinski definition) is 4. The molecule has 0 saturated carbocycles. The number of likely N-dealkylation sites (N-methyl/N-ethyl adjacent to an activating group) is 1. The minimum Gasteiger partial charge on any atom is -0.480 e. The van der Waals surface area contributed by atoms with Crippen molar-refractivity contribution in [2.24, 2.45) is 5.92 Å². The fourth-order valence-corrected chi connectivity index (χ4v) is 3.93. The second-order valence-electron chi connectivity index (χ2n) is 7.97. The average molecular weight is 379 g/mol. The minimum absolute atomic E-state index is 0.0720. The highest BCUT2D eigenvalue weighted by Crippen LogP contribution is 2.20. The molecule has 27 heavy (non-hydrogen) atoms. The Morgan fingerprint density at radius 3 is 2.41 bits per heavy atom. The van der Waals surface area contributed by atoms with Crippen LogP contribution in [0.25, 0.3) is 0 Å². The van der Waals surface area contributed by atoms with Crippen LogP contribution < -0.4 is 0 Å². The molecule has 7 nitrogen and oxygen atoms in total. The standard InChI is InChI=1S/C20H34N4O3/c1-6-22(13-20(26)27)17-7-9-23(10-8-17)19(25)11-18-15(4)21-24(16(18)5)12-14(2)3/h14,17H,6-13H2,1-5H3,(H,26,27). The van der Waals surface area contributed by atoms with Crippen molar-refractivity contribution < 1.29 is 14.7 Å². The lowest BCUT2D eigenvalue weighted by molar-refractivity contribution is -0.140. The summed E-state index contributed by atoms with van der Waals surface area (Å²) in [6.45, 7) is 13.4. The summed E-state index contributed by atoms with van der Waals surface area (Å²) >= 11 is 0. The molecule has 0 radical (unpaired) electrons. The van der Waals surface area contributed by atoms with E-state index in [4.69, 9.17) is 5.11 Å². The molecule has 1 aromatic heterocycles. The zero-order valence-corrected chi connectivity index (χ0v) is 17.4. The normalized spacial score (nSPS) is 15.7. The van der Waals surface area contributed by atoms with Gasteiger partial charge in [-0.3, -0.25) is 19.2 Å². The minimum atomic E-state index is -0.792. The molecule has 0 aliphatic carbocycles. The average Bonchev–Trinajstić information content (AvgIpc) is 2.86. The van der Waals surface area contributed by atoms with Crippen LogP contribution in [0, 0.1) is 19.8 Å².